The maximum atomic E-state index is 12.7. The molecule has 3 rings (SSSR count). The summed E-state index contributed by atoms with van der Waals surface area (Å²) in [5.74, 6) is 1.17. The minimum Gasteiger partial charge on any atom is -0.467 e. The predicted octanol–water partition coefficient (Wildman–Crippen LogP) is 3.61. The number of amides is 1. The largest absolute Gasteiger partial charge is 0.467 e. The van der Waals surface area contributed by atoms with Crippen LogP contribution in [-0.2, 0) is 4.79 Å². The van der Waals surface area contributed by atoms with Crippen LogP contribution in [0, 0.1) is 5.92 Å². The van der Waals surface area contributed by atoms with Crippen LogP contribution in [0.4, 0.5) is 0 Å². The van der Waals surface area contributed by atoms with Gasteiger partial charge in [-0.1, -0.05) is 37.6 Å². The van der Waals surface area contributed by atoms with Crippen molar-refractivity contribution in [2.75, 3.05) is 13.1 Å². The standard InChI is InChI=1S/C19H22ClN3O2/c1-13(2)11-21-12-19(24)23-17(18-4-3-9-25-18)10-16(22-23)14-5-7-15(20)8-6-14/h3-10,13,17,21-22H,11-12H2,1-2H3/t17-/m0/s1. The van der Waals surface area contributed by atoms with E-state index in [0.717, 1.165) is 17.8 Å². The fraction of sp³-hybridized carbons (Fsp3) is 0.316. The van der Waals surface area contributed by atoms with E-state index in [1.165, 1.54) is 0 Å². The lowest BCUT2D eigenvalue weighted by molar-refractivity contribution is -0.133. The molecule has 0 saturated heterocycles. The summed E-state index contributed by atoms with van der Waals surface area (Å²) in [5.41, 5.74) is 5.03. The SMILES string of the molecule is CC(C)CNCC(=O)N1NC(c2ccc(Cl)cc2)=C[C@H]1c1ccco1. The zero-order valence-electron chi connectivity index (χ0n) is 14.3. The van der Waals surface area contributed by atoms with Crippen LogP contribution in [0.5, 0.6) is 0 Å². The van der Waals surface area contributed by atoms with Crippen LogP contribution in [0.2, 0.25) is 5.02 Å². The molecule has 1 amide bonds. The van der Waals surface area contributed by atoms with E-state index in [-0.39, 0.29) is 18.5 Å². The van der Waals surface area contributed by atoms with Crippen LogP contribution in [0.3, 0.4) is 0 Å². The van der Waals surface area contributed by atoms with Crippen molar-refractivity contribution in [3.8, 4) is 0 Å². The predicted molar refractivity (Wildman–Crippen MR) is 98.6 cm³/mol. The fourth-order valence-electron chi connectivity index (χ4n) is 2.70. The highest BCUT2D eigenvalue weighted by molar-refractivity contribution is 6.30. The summed E-state index contributed by atoms with van der Waals surface area (Å²) in [6.07, 6.45) is 3.60. The number of rotatable bonds is 6. The Balaban J connectivity index is 1.78. The maximum Gasteiger partial charge on any atom is 0.255 e. The second kappa shape index (κ2) is 7.76. The Bertz CT molecular complexity index is 739. The van der Waals surface area contributed by atoms with Gasteiger partial charge in [-0.25, -0.2) is 5.01 Å². The first-order valence-electron chi connectivity index (χ1n) is 8.35. The molecule has 5 nitrogen and oxygen atoms in total. The topological polar surface area (TPSA) is 57.5 Å². The number of nitrogens with zero attached hydrogens (tertiary/aromatic N) is 1. The molecular formula is C19H22ClN3O2. The van der Waals surface area contributed by atoms with Gasteiger partial charge in [-0.2, -0.15) is 0 Å². The molecule has 0 bridgehead atoms. The van der Waals surface area contributed by atoms with Crippen LogP contribution < -0.4 is 10.7 Å². The lowest BCUT2D eigenvalue weighted by Crippen LogP contribution is -2.44. The van der Waals surface area contributed by atoms with Crippen LogP contribution in [0.15, 0.2) is 53.2 Å². The first-order chi connectivity index (χ1) is 12.0. The molecule has 1 aromatic heterocycles. The van der Waals surface area contributed by atoms with E-state index < -0.39 is 0 Å². The Labute approximate surface area is 152 Å². The van der Waals surface area contributed by atoms with E-state index in [9.17, 15) is 4.79 Å². The van der Waals surface area contributed by atoms with Gasteiger partial charge in [0.15, 0.2) is 0 Å². The van der Waals surface area contributed by atoms with Gasteiger partial charge in [0.2, 0.25) is 0 Å². The van der Waals surface area contributed by atoms with Crippen molar-refractivity contribution in [3.05, 3.63) is 65.1 Å². The van der Waals surface area contributed by atoms with Gasteiger partial charge < -0.3 is 9.73 Å². The number of hydrazine groups is 1. The van der Waals surface area contributed by atoms with Gasteiger partial charge in [0.25, 0.3) is 5.91 Å². The van der Waals surface area contributed by atoms with Crippen LogP contribution in [-0.4, -0.2) is 24.0 Å². The maximum absolute atomic E-state index is 12.7. The van der Waals surface area contributed by atoms with Crippen molar-refractivity contribution in [1.82, 2.24) is 15.8 Å². The molecular weight excluding hydrogens is 338 g/mol. The summed E-state index contributed by atoms with van der Waals surface area (Å²) in [4.78, 5) is 12.7. The second-order valence-corrected chi connectivity index (χ2v) is 6.88. The highest BCUT2D eigenvalue weighted by Crippen LogP contribution is 2.31. The first-order valence-corrected chi connectivity index (χ1v) is 8.73. The van der Waals surface area contributed by atoms with Gasteiger partial charge in [0.05, 0.1) is 18.5 Å². The summed E-state index contributed by atoms with van der Waals surface area (Å²) in [5, 5.41) is 5.47. The lowest BCUT2D eigenvalue weighted by atomic mass is 10.1. The molecule has 132 valence electrons. The van der Waals surface area contributed by atoms with Gasteiger partial charge >= 0.3 is 0 Å². The number of carbonyl (C=O) groups excluding carboxylic acids is 1. The number of furan rings is 1. The number of halogens is 1. The molecule has 0 spiro atoms. The molecule has 0 radical (unpaired) electrons. The Hall–Kier alpha value is -2.24. The average molecular weight is 360 g/mol. The van der Waals surface area contributed by atoms with E-state index in [4.69, 9.17) is 16.0 Å². The van der Waals surface area contributed by atoms with Crippen molar-refractivity contribution in [3.63, 3.8) is 0 Å². The van der Waals surface area contributed by atoms with E-state index in [2.05, 4.69) is 24.6 Å². The minimum atomic E-state index is -0.283. The van der Waals surface area contributed by atoms with E-state index >= 15 is 0 Å². The number of nitrogens with one attached hydrogen (secondary N) is 2. The molecule has 0 aliphatic carbocycles. The molecule has 1 aliphatic rings. The fourth-order valence-corrected chi connectivity index (χ4v) is 2.82. The quantitative estimate of drug-likeness (QED) is 0.827. The molecule has 1 aliphatic heterocycles. The number of hydrogen-bond acceptors (Lipinski definition) is 4. The van der Waals surface area contributed by atoms with Crippen LogP contribution in [0.1, 0.15) is 31.2 Å². The summed E-state index contributed by atoms with van der Waals surface area (Å²) in [7, 11) is 0. The zero-order valence-corrected chi connectivity index (χ0v) is 15.1. The van der Waals surface area contributed by atoms with Crippen molar-refractivity contribution in [2.24, 2.45) is 5.92 Å². The highest BCUT2D eigenvalue weighted by Gasteiger charge is 2.32. The van der Waals surface area contributed by atoms with E-state index in [0.29, 0.717) is 16.7 Å². The number of carbonyl (C=O) groups is 1. The van der Waals surface area contributed by atoms with Crippen molar-refractivity contribution in [1.29, 1.82) is 0 Å². The van der Waals surface area contributed by atoms with Gasteiger partial charge in [0, 0.05) is 5.02 Å². The van der Waals surface area contributed by atoms with Crippen molar-refractivity contribution >= 4 is 23.2 Å². The molecule has 6 heteroatoms. The van der Waals surface area contributed by atoms with Gasteiger partial charge in [0.1, 0.15) is 11.8 Å². The Morgan fingerprint density at radius 1 is 1.32 bits per heavy atom. The second-order valence-electron chi connectivity index (χ2n) is 6.45. The molecule has 2 N–H and O–H groups in total. The van der Waals surface area contributed by atoms with Gasteiger partial charge in [-0.3, -0.25) is 10.2 Å². The summed E-state index contributed by atoms with van der Waals surface area (Å²) < 4.78 is 5.52. The minimum absolute atomic E-state index is 0.0396. The normalized spacial score (nSPS) is 16.9. The van der Waals surface area contributed by atoms with Gasteiger partial charge in [-0.15, -0.1) is 0 Å². The molecule has 25 heavy (non-hydrogen) atoms. The third-order valence-corrected chi connectivity index (χ3v) is 4.18. The number of benzene rings is 1. The average Bonchev–Trinajstić information content (AvgIpc) is 3.24. The summed E-state index contributed by atoms with van der Waals surface area (Å²) in [6.45, 7) is 5.28. The molecule has 1 aromatic carbocycles. The molecule has 0 saturated carbocycles. The van der Waals surface area contributed by atoms with Crippen LogP contribution >= 0.6 is 11.6 Å². The van der Waals surface area contributed by atoms with Crippen molar-refractivity contribution in [2.45, 2.75) is 19.9 Å². The molecule has 0 fully saturated rings. The molecule has 1 atom stereocenters. The molecule has 2 heterocycles. The summed E-state index contributed by atoms with van der Waals surface area (Å²) >= 11 is 5.96. The highest BCUT2D eigenvalue weighted by atomic mass is 35.5. The Morgan fingerprint density at radius 2 is 2.08 bits per heavy atom. The monoisotopic (exact) mass is 359 g/mol. The lowest BCUT2D eigenvalue weighted by Gasteiger charge is -2.24. The first kappa shape index (κ1) is 17.6. The molecule has 0 unspecified atom stereocenters. The van der Waals surface area contributed by atoms with E-state index in [1.807, 2.05) is 42.5 Å². The van der Waals surface area contributed by atoms with Crippen LogP contribution in [0.25, 0.3) is 5.70 Å². The smallest absolute Gasteiger partial charge is 0.255 e. The third-order valence-electron chi connectivity index (χ3n) is 3.93. The van der Waals surface area contributed by atoms with Gasteiger partial charge in [-0.05, 0) is 48.4 Å². The third kappa shape index (κ3) is 4.24. The van der Waals surface area contributed by atoms with Crippen molar-refractivity contribution < 1.29 is 9.21 Å². The molecule has 2 aromatic rings. The Morgan fingerprint density at radius 3 is 2.72 bits per heavy atom. The zero-order chi connectivity index (χ0) is 17.8. The summed E-state index contributed by atoms with van der Waals surface area (Å²) in [6, 6.07) is 10.9. The Kier molecular flexibility index (Phi) is 5.46. The van der Waals surface area contributed by atoms with E-state index in [1.54, 1.807) is 11.3 Å². The number of hydrogen-bond donors (Lipinski definition) is 2.